The Kier molecular flexibility index (Phi) is 4.74. The third-order valence-electron chi connectivity index (χ3n) is 4.34. The highest BCUT2D eigenvalue weighted by molar-refractivity contribution is 6.00. The first-order valence-electron chi connectivity index (χ1n) is 7.90. The van der Waals surface area contributed by atoms with Crippen molar-refractivity contribution in [3.63, 3.8) is 0 Å². The number of ether oxygens (including phenoxy) is 1. The predicted octanol–water partition coefficient (Wildman–Crippen LogP) is 3.59. The zero-order valence-corrected chi connectivity index (χ0v) is 13.6. The van der Waals surface area contributed by atoms with Crippen molar-refractivity contribution >= 4 is 16.8 Å². The molecule has 0 spiro atoms. The molecule has 1 aromatic heterocycles. The average Bonchev–Trinajstić information content (AvgIpc) is 3.18. The van der Waals surface area contributed by atoms with Gasteiger partial charge in [-0.3, -0.25) is 4.79 Å². The summed E-state index contributed by atoms with van der Waals surface area (Å²) in [6.07, 6.45) is -12.3. The number of aliphatic hydroxyl groups excluding tert-OH is 1. The summed E-state index contributed by atoms with van der Waals surface area (Å²) in [6.45, 7) is -0.00207. The van der Waals surface area contributed by atoms with Crippen molar-refractivity contribution in [1.29, 1.82) is 0 Å². The fourth-order valence-electron chi connectivity index (χ4n) is 3.20. The first-order chi connectivity index (χ1) is 12.5. The summed E-state index contributed by atoms with van der Waals surface area (Å²) in [7, 11) is 0. The van der Waals surface area contributed by atoms with Gasteiger partial charge >= 0.3 is 12.5 Å². The number of hydrogen-bond acceptors (Lipinski definition) is 3. The molecule has 0 bridgehead atoms. The lowest BCUT2D eigenvalue weighted by molar-refractivity contribution is -0.274. The van der Waals surface area contributed by atoms with Crippen LogP contribution in [0.25, 0.3) is 10.9 Å². The molecule has 2 unspecified atom stereocenters. The number of halogens is 6. The molecule has 1 saturated heterocycles. The molecular weight excluding hydrogens is 382 g/mol. The summed E-state index contributed by atoms with van der Waals surface area (Å²) < 4.78 is 79.8. The van der Waals surface area contributed by atoms with Crippen molar-refractivity contribution in [2.24, 2.45) is 0 Å². The molecule has 27 heavy (non-hydrogen) atoms. The van der Waals surface area contributed by atoms with Gasteiger partial charge in [-0.2, -0.15) is 13.2 Å². The molecule has 2 heterocycles. The molecule has 11 heteroatoms. The van der Waals surface area contributed by atoms with E-state index in [1.165, 1.54) is 12.1 Å². The number of rotatable bonds is 3. The SMILES string of the molecule is O=C(c1cc2c(OC(F)(F)F)cccc2[nH]1)N1CCCC1C(O)C(F)(F)F. The van der Waals surface area contributed by atoms with Crippen LogP contribution in [0.2, 0.25) is 0 Å². The van der Waals surface area contributed by atoms with Crippen LogP contribution < -0.4 is 4.74 Å². The molecule has 1 aromatic carbocycles. The Morgan fingerprint density at radius 3 is 2.59 bits per heavy atom. The van der Waals surface area contributed by atoms with Crippen molar-refractivity contribution in [2.45, 2.75) is 37.5 Å². The Labute approximate surface area is 148 Å². The van der Waals surface area contributed by atoms with Gasteiger partial charge in [-0.1, -0.05) is 6.07 Å². The quantitative estimate of drug-likeness (QED) is 0.780. The van der Waals surface area contributed by atoms with Gasteiger partial charge < -0.3 is 19.7 Å². The Balaban J connectivity index is 1.91. The van der Waals surface area contributed by atoms with E-state index in [0.717, 1.165) is 17.0 Å². The number of likely N-dealkylation sites (tertiary alicyclic amines) is 1. The van der Waals surface area contributed by atoms with Crippen molar-refractivity contribution in [3.05, 3.63) is 30.0 Å². The van der Waals surface area contributed by atoms with Crippen LogP contribution in [0.4, 0.5) is 26.3 Å². The smallest absolute Gasteiger partial charge is 0.405 e. The zero-order chi connectivity index (χ0) is 20.0. The number of nitrogens with one attached hydrogen (secondary N) is 1. The highest BCUT2D eigenvalue weighted by Crippen LogP contribution is 2.34. The van der Waals surface area contributed by atoms with Crippen molar-refractivity contribution in [1.82, 2.24) is 9.88 Å². The van der Waals surface area contributed by atoms with Crippen LogP contribution in [-0.2, 0) is 0 Å². The van der Waals surface area contributed by atoms with E-state index in [1.54, 1.807) is 0 Å². The van der Waals surface area contributed by atoms with E-state index in [-0.39, 0.29) is 36.0 Å². The first-order valence-corrected chi connectivity index (χ1v) is 7.90. The minimum Gasteiger partial charge on any atom is -0.405 e. The maximum Gasteiger partial charge on any atom is 0.573 e. The van der Waals surface area contributed by atoms with Crippen LogP contribution in [0.15, 0.2) is 24.3 Å². The van der Waals surface area contributed by atoms with Crippen LogP contribution in [0.5, 0.6) is 5.75 Å². The topological polar surface area (TPSA) is 65.6 Å². The van der Waals surface area contributed by atoms with Crippen LogP contribution in [0.3, 0.4) is 0 Å². The van der Waals surface area contributed by atoms with Gasteiger partial charge in [0.05, 0.1) is 6.04 Å². The maximum absolute atomic E-state index is 12.8. The second kappa shape index (κ2) is 6.63. The molecule has 0 saturated carbocycles. The number of hydrogen-bond donors (Lipinski definition) is 2. The third-order valence-corrected chi connectivity index (χ3v) is 4.34. The first kappa shape index (κ1) is 19.3. The monoisotopic (exact) mass is 396 g/mol. The Hall–Kier alpha value is -2.43. The van der Waals surface area contributed by atoms with E-state index in [0.29, 0.717) is 0 Å². The number of amides is 1. The summed E-state index contributed by atoms with van der Waals surface area (Å²) >= 11 is 0. The molecule has 1 amide bonds. The summed E-state index contributed by atoms with van der Waals surface area (Å²) in [4.78, 5) is 16.1. The van der Waals surface area contributed by atoms with Crippen molar-refractivity contribution in [3.8, 4) is 5.75 Å². The van der Waals surface area contributed by atoms with E-state index in [9.17, 15) is 36.2 Å². The molecule has 2 aromatic rings. The van der Waals surface area contributed by atoms with Crippen molar-refractivity contribution in [2.75, 3.05) is 6.54 Å². The summed E-state index contributed by atoms with van der Waals surface area (Å²) in [5.74, 6) is -1.38. The maximum atomic E-state index is 12.8. The number of benzene rings is 1. The lowest BCUT2D eigenvalue weighted by Crippen LogP contribution is -2.49. The third kappa shape index (κ3) is 3.97. The normalized spacial score (nSPS) is 19.5. The average molecular weight is 396 g/mol. The molecule has 1 aliphatic heterocycles. The molecule has 0 aliphatic carbocycles. The predicted molar refractivity (Wildman–Crippen MR) is 81.1 cm³/mol. The molecule has 0 radical (unpaired) electrons. The lowest BCUT2D eigenvalue weighted by atomic mass is 10.1. The van der Waals surface area contributed by atoms with Crippen molar-refractivity contribution < 1.29 is 41.0 Å². The number of aliphatic hydroxyl groups is 1. The van der Waals surface area contributed by atoms with E-state index in [2.05, 4.69) is 9.72 Å². The molecule has 1 fully saturated rings. The number of alkyl halides is 6. The second-order valence-electron chi connectivity index (χ2n) is 6.14. The number of aromatic amines is 1. The van der Waals surface area contributed by atoms with E-state index in [1.807, 2.05) is 0 Å². The number of nitrogens with zero attached hydrogens (tertiary/aromatic N) is 1. The van der Waals surface area contributed by atoms with Gasteiger partial charge in [-0.25, -0.2) is 0 Å². The summed E-state index contributed by atoms with van der Waals surface area (Å²) in [6, 6.07) is 3.38. The number of aromatic nitrogens is 1. The van der Waals surface area contributed by atoms with Gasteiger partial charge in [0.15, 0.2) is 6.10 Å². The summed E-state index contributed by atoms with van der Waals surface area (Å²) in [5, 5.41) is 9.45. The highest BCUT2D eigenvalue weighted by atomic mass is 19.4. The highest BCUT2D eigenvalue weighted by Gasteiger charge is 2.48. The van der Waals surface area contributed by atoms with Gasteiger partial charge in [0.25, 0.3) is 5.91 Å². The Bertz CT molecular complexity index is 845. The number of carbonyl (C=O) groups excluding carboxylic acids is 1. The van der Waals surface area contributed by atoms with Crippen LogP contribution >= 0.6 is 0 Å². The van der Waals surface area contributed by atoms with Gasteiger partial charge in [-0.15, -0.1) is 13.2 Å². The number of H-pyrrole nitrogens is 1. The minimum atomic E-state index is -4.94. The fourth-order valence-corrected chi connectivity index (χ4v) is 3.20. The second-order valence-corrected chi connectivity index (χ2v) is 6.14. The number of carbonyl (C=O) groups is 1. The van der Waals surface area contributed by atoms with Gasteiger partial charge in [0.2, 0.25) is 0 Å². The standard InChI is InChI=1S/C16H14F6N2O3/c17-15(18,19)13(25)11-4-2-6-24(11)14(26)10-7-8-9(23-10)3-1-5-12(8)27-16(20,21)22/h1,3,5,7,11,13,23,25H,2,4,6H2. The van der Waals surface area contributed by atoms with Gasteiger partial charge in [0, 0.05) is 17.4 Å². The molecule has 2 atom stereocenters. The molecule has 2 N–H and O–H groups in total. The largest absolute Gasteiger partial charge is 0.573 e. The van der Waals surface area contributed by atoms with E-state index in [4.69, 9.17) is 0 Å². The molecule has 3 rings (SSSR count). The van der Waals surface area contributed by atoms with Gasteiger partial charge in [-0.05, 0) is 31.0 Å². The Morgan fingerprint density at radius 1 is 1.26 bits per heavy atom. The zero-order valence-electron chi connectivity index (χ0n) is 13.6. The van der Waals surface area contributed by atoms with E-state index >= 15 is 0 Å². The fraction of sp³-hybridized carbons (Fsp3) is 0.438. The lowest BCUT2D eigenvalue weighted by Gasteiger charge is -2.29. The van der Waals surface area contributed by atoms with Crippen LogP contribution in [-0.4, -0.2) is 52.1 Å². The van der Waals surface area contributed by atoms with Crippen LogP contribution in [0.1, 0.15) is 23.3 Å². The van der Waals surface area contributed by atoms with E-state index < -0.39 is 36.3 Å². The Morgan fingerprint density at radius 2 is 1.96 bits per heavy atom. The number of fused-ring (bicyclic) bond motifs is 1. The molecule has 1 aliphatic rings. The molecule has 148 valence electrons. The molecule has 5 nitrogen and oxygen atoms in total. The van der Waals surface area contributed by atoms with Crippen LogP contribution in [0, 0.1) is 0 Å². The minimum absolute atomic E-state index is 0.00207. The molecular formula is C16H14F6N2O3. The summed E-state index contributed by atoms with van der Waals surface area (Å²) in [5.41, 5.74) is -0.0308. The van der Waals surface area contributed by atoms with Gasteiger partial charge in [0.1, 0.15) is 11.4 Å².